The second kappa shape index (κ2) is 6.39. The monoisotopic (exact) mass is 329 g/mol. The predicted molar refractivity (Wildman–Crippen MR) is 90.0 cm³/mol. The Morgan fingerprint density at radius 3 is 2.92 bits per heavy atom. The van der Waals surface area contributed by atoms with E-state index in [1.807, 2.05) is 17.9 Å². The number of aryl methyl sites for hydroxylation is 1. The molecular weight excluding hydrogens is 306 g/mol. The fourth-order valence-electron chi connectivity index (χ4n) is 3.63. The summed E-state index contributed by atoms with van der Waals surface area (Å²) in [5.74, 6) is 2.05. The molecule has 128 valence electrons. The minimum Gasteiger partial charge on any atom is -0.381 e. The normalized spacial score (nSPS) is 19.5. The molecule has 2 fully saturated rings. The van der Waals surface area contributed by atoms with E-state index in [0.717, 1.165) is 56.4 Å². The fourth-order valence-corrected chi connectivity index (χ4v) is 3.63. The molecule has 2 aliphatic rings. The van der Waals surface area contributed by atoms with Crippen molar-refractivity contribution in [3.8, 4) is 0 Å². The molecule has 4 rings (SSSR count). The third-order valence-corrected chi connectivity index (χ3v) is 4.97. The van der Waals surface area contributed by atoms with Crippen LogP contribution in [0.25, 0.3) is 5.65 Å². The summed E-state index contributed by atoms with van der Waals surface area (Å²) >= 11 is 0. The lowest BCUT2D eigenvalue weighted by Crippen LogP contribution is -2.52. The molecule has 0 aliphatic carbocycles. The molecule has 2 saturated heterocycles. The molecule has 0 unspecified atom stereocenters. The first-order valence-corrected chi connectivity index (χ1v) is 8.64. The van der Waals surface area contributed by atoms with Crippen LogP contribution in [-0.4, -0.2) is 51.8 Å². The van der Waals surface area contributed by atoms with Crippen molar-refractivity contribution >= 4 is 17.5 Å². The molecule has 0 bridgehead atoms. The summed E-state index contributed by atoms with van der Waals surface area (Å²) in [5, 5.41) is 7.32. The Bertz CT molecular complexity index is 732. The van der Waals surface area contributed by atoms with E-state index in [1.165, 1.54) is 6.42 Å². The number of likely N-dealkylation sites (tertiary alicyclic amines) is 1. The number of amides is 2. The van der Waals surface area contributed by atoms with Crippen LogP contribution >= 0.6 is 0 Å². The van der Waals surface area contributed by atoms with E-state index in [1.54, 1.807) is 16.8 Å². The van der Waals surface area contributed by atoms with Crippen LogP contribution in [0.4, 0.5) is 10.6 Å². The lowest BCUT2D eigenvalue weighted by molar-refractivity contribution is 0.0427. The van der Waals surface area contributed by atoms with Gasteiger partial charge in [-0.1, -0.05) is 0 Å². The highest BCUT2D eigenvalue weighted by Gasteiger charge is 2.33. The lowest BCUT2D eigenvalue weighted by Gasteiger charge is -2.41. The van der Waals surface area contributed by atoms with Gasteiger partial charge in [0.25, 0.3) is 0 Å². The van der Waals surface area contributed by atoms with Crippen molar-refractivity contribution in [3.63, 3.8) is 0 Å². The molecule has 7 heteroatoms. The number of ether oxygens (including phenoxy) is 1. The van der Waals surface area contributed by atoms with Crippen molar-refractivity contribution in [3.05, 3.63) is 24.0 Å². The molecule has 2 aromatic heterocycles. The minimum absolute atomic E-state index is 0.0566. The molecule has 0 saturated carbocycles. The topological polar surface area (TPSA) is 71.8 Å². The second-order valence-electron chi connectivity index (χ2n) is 6.88. The van der Waals surface area contributed by atoms with Gasteiger partial charge < -0.3 is 9.64 Å². The molecule has 0 aromatic carbocycles. The highest BCUT2D eigenvalue weighted by Crippen LogP contribution is 2.29. The zero-order chi connectivity index (χ0) is 16.5. The number of carbonyl (C=O) groups excluding carboxylic acids is 1. The van der Waals surface area contributed by atoms with Crippen LogP contribution in [0.2, 0.25) is 0 Å². The lowest BCUT2D eigenvalue weighted by atomic mass is 9.85. The van der Waals surface area contributed by atoms with Crippen molar-refractivity contribution in [2.45, 2.75) is 26.2 Å². The van der Waals surface area contributed by atoms with Gasteiger partial charge in [0, 0.05) is 38.6 Å². The molecular formula is C17H23N5O2. The maximum atomic E-state index is 12.4. The van der Waals surface area contributed by atoms with E-state index < -0.39 is 0 Å². The summed E-state index contributed by atoms with van der Waals surface area (Å²) in [6.07, 6.45) is 5.23. The molecule has 4 heterocycles. The van der Waals surface area contributed by atoms with Crippen LogP contribution in [0.5, 0.6) is 0 Å². The van der Waals surface area contributed by atoms with E-state index in [0.29, 0.717) is 11.7 Å². The highest BCUT2D eigenvalue weighted by molar-refractivity contribution is 5.89. The first-order valence-electron chi connectivity index (χ1n) is 8.64. The Balaban J connectivity index is 1.32. The number of nitrogens with one attached hydrogen (secondary N) is 1. The average molecular weight is 329 g/mol. The van der Waals surface area contributed by atoms with Gasteiger partial charge in [-0.2, -0.15) is 9.61 Å². The summed E-state index contributed by atoms with van der Waals surface area (Å²) in [7, 11) is 0. The van der Waals surface area contributed by atoms with E-state index in [-0.39, 0.29) is 6.03 Å². The van der Waals surface area contributed by atoms with E-state index in [9.17, 15) is 4.79 Å². The van der Waals surface area contributed by atoms with Crippen molar-refractivity contribution < 1.29 is 9.53 Å². The molecule has 2 aliphatic heterocycles. The maximum Gasteiger partial charge on any atom is 0.323 e. The molecule has 7 nitrogen and oxygen atoms in total. The number of anilines is 1. The second-order valence-corrected chi connectivity index (χ2v) is 6.88. The summed E-state index contributed by atoms with van der Waals surface area (Å²) in [6, 6.07) is 3.61. The zero-order valence-corrected chi connectivity index (χ0v) is 13.9. The van der Waals surface area contributed by atoms with Crippen LogP contribution in [0, 0.1) is 18.8 Å². The number of hydrogen-bond donors (Lipinski definition) is 1. The first-order chi connectivity index (χ1) is 11.7. The van der Waals surface area contributed by atoms with Crippen LogP contribution in [0.3, 0.4) is 0 Å². The van der Waals surface area contributed by atoms with Crippen LogP contribution in [0.1, 0.15) is 25.0 Å². The Morgan fingerprint density at radius 2 is 2.12 bits per heavy atom. The molecule has 2 aromatic rings. The van der Waals surface area contributed by atoms with Crippen LogP contribution in [-0.2, 0) is 4.74 Å². The largest absolute Gasteiger partial charge is 0.381 e. The van der Waals surface area contributed by atoms with E-state index in [2.05, 4.69) is 15.4 Å². The molecule has 0 atom stereocenters. The number of carbonyl (C=O) groups is 1. The Kier molecular flexibility index (Phi) is 4.10. The van der Waals surface area contributed by atoms with Gasteiger partial charge in [0.2, 0.25) is 0 Å². The predicted octanol–water partition coefficient (Wildman–Crippen LogP) is 2.32. The van der Waals surface area contributed by atoms with Crippen molar-refractivity contribution in [1.82, 2.24) is 19.5 Å². The summed E-state index contributed by atoms with van der Waals surface area (Å²) in [5.41, 5.74) is 1.62. The minimum atomic E-state index is -0.0566. The summed E-state index contributed by atoms with van der Waals surface area (Å²) < 4.78 is 7.08. The van der Waals surface area contributed by atoms with Gasteiger partial charge in [0.15, 0.2) is 5.65 Å². The summed E-state index contributed by atoms with van der Waals surface area (Å²) in [6.45, 7) is 5.38. The Hall–Kier alpha value is -2.15. The molecule has 2 amide bonds. The third kappa shape index (κ3) is 3.08. The fraction of sp³-hybridized carbons (Fsp3) is 0.588. The Labute approximate surface area is 141 Å². The number of urea groups is 1. The number of nitrogens with zero attached hydrogens (tertiary/aromatic N) is 4. The van der Waals surface area contributed by atoms with Gasteiger partial charge in [0.1, 0.15) is 5.82 Å². The van der Waals surface area contributed by atoms with E-state index in [4.69, 9.17) is 4.74 Å². The molecule has 0 spiro atoms. The number of rotatable bonds is 3. The average Bonchev–Trinajstić information content (AvgIpc) is 2.93. The van der Waals surface area contributed by atoms with Gasteiger partial charge >= 0.3 is 6.03 Å². The highest BCUT2D eigenvalue weighted by atomic mass is 16.5. The third-order valence-electron chi connectivity index (χ3n) is 4.97. The number of hydrogen-bond acceptors (Lipinski definition) is 4. The standard InChI is InChI=1S/C17H23N5O2/c1-12-8-16-18-5-2-15(22(16)20-12)19-17(23)21-10-14(11-21)9-13-3-6-24-7-4-13/h2,5,8,13-14H,3-4,6-7,9-11H2,1H3,(H,19,23). The van der Waals surface area contributed by atoms with Crippen LogP contribution in [0.15, 0.2) is 18.3 Å². The SMILES string of the molecule is Cc1cc2nccc(NC(=O)N3CC(CC4CCOCC4)C3)n2n1. The smallest absolute Gasteiger partial charge is 0.323 e. The quantitative estimate of drug-likeness (QED) is 0.938. The van der Waals surface area contributed by atoms with Gasteiger partial charge in [-0.05, 0) is 44.1 Å². The van der Waals surface area contributed by atoms with Crippen molar-refractivity contribution in [1.29, 1.82) is 0 Å². The van der Waals surface area contributed by atoms with Crippen molar-refractivity contribution in [2.24, 2.45) is 11.8 Å². The number of aromatic nitrogens is 3. The van der Waals surface area contributed by atoms with Gasteiger partial charge in [-0.3, -0.25) is 5.32 Å². The van der Waals surface area contributed by atoms with Gasteiger partial charge in [0.05, 0.1) is 5.69 Å². The zero-order valence-electron chi connectivity index (χ0n) is 13.9. The molecule has 24 heavy (non-hydrogen) atoms. The summed E-state index contributed by atoms with van der Waals surface area (Å²) in [4.78, 5) is 18.5. The Morgan fingerprint density at radius 1 is 1.33 bits per heavy atom. The van der Waals surface area contributed by atoms with Gasteiger partial charge in [-0.25, -0.2) is 9.78 Å². The first kappa shape index (κ1) is 15.4. The number of fused-ring (bicyclic) bond motifs is 1. The van der Waals surface area contributed by atoms with Crippen LogP contribution < -0.4 is 5.32 Å². The molecule has 1 N–H and O–H groups in total. The molecule has 0 radical (unpaired) electrons. The van der Waals surface area contributed by atoms with E-state index >= 15 is 0 Å². The maximum absolute atomic E-state index is 12.4. The van der Waals surface area contributed by atoms with Crippen molar-refractivity contribution in [2.75, 3.05) is 31.6 Å². The van der Waals surface area contributed by atoms with Gasteiger partial charge in [-0.15, -0.1) is 0 Å².